The zero-order valence-corrected chi connectivity index (χ0v) is 15.8. The molecule has 25 heavy (non-hydrogen) atoms. The molecule has 1 aromatic carbocycles. The molecule has 1 spiro atoms. The molecule has 3 heteroatoms. The van der Waals surface area contributed by atoms with Crippen molar-refractivity contribution in [3.8, 4) is 0 Å². The van der Waals surface area contributed by atoms with Gasteiger partial charge in [0.15, 0.2) is 0 Å². The summed E-state index contributed by atoms with van der Waals surface area (Å²) in [6, 6.07) is 10.6. The maximum atomic E-state index is 12.0. The average molecular weight is 341 g/mol. The quantitative estimate of drug-likeness (QED) is 0.701. The second kappa shape index (κ2) is 7.63. The summed E-state index contributed by atoms with van der Waals surface area (Å²) in [7, 11) is 0. The van der Waals surface area contributed by atoms with Crippen LogP contribution in [-0.4, -0.2) is 17.6 Å². The van der Waals surface area contributed by atoms with Gasteiger partial charge in [0.25, 0.3) is 0 Å². The van der Waals surface area contributed by atoms with Crippen molar-refractivity contribution in [2.24, 2.45) is 11.8 Å². The number of esters is 1. The van der Waals surface area contributed by atoms with Crippen molar-refractivity contribution in [2.75, 3.05) is 0 Å². The van der Waals surface area contributed by atoms with Crippen molar-refractivity contribution < 1.29 is 9.53 Å². The third kappa shape index (κ3) is 3.91. The van der Waals surface area contributed by atoms with Gasteiger partial charge in [0.2, 0.25) is 0 Å². The molecule has 1 aromatic rings. The highest BCUT2D eigenvalue weighted by Gasteiger charge is 2.66. The summed E-state index contributed by atoms with van der Waals surface area (Å²) >= 11 is 0. The molecular weight excluding hydrogens is 310 g/mol. The molecule has 1 unspecified atom stereocenters. The minimum absolute atomic E-state index is 0.0512. The van der Waals surface area contributed by atoms with Crippen molar-refractivity contribution >= 4 is 5.97 Å². The van der Waals surface area contributed by atoms with Crippen LogP contribution in [0.25, 0.3) is 0 Å². The third-order valence-corrected chi connectivity index (χ3v) is 5.86. The topological polar surface area (TPSA) is 38.3 Å². The van der Waals surface area contributed by atoms with Crippen LogP contribution in [0.2, 0.25) is 0 Å². The minimum Gasteiger partial charge on any atom is -0.456 e. The van der Waals surface area contributed by atoms with E-state index in [1.54, 1.807) is 0 Å². The largest absolute Gasteiger partial charge is 0.456 e. The Bertz CT molecular complexity index is 624. The van der Waals surface area contributed by atoms with Crippen LogP contribution in [0.5, 0.6) is 0 Å². The molecular formula is C22H31NO2. The highest BCUT2D eigenvalue weighted by atomic mass is 16.6. The second-order valence-corrected chi connectivity index (χ2v) is 7.71. The number of carbonyl (C=O) groups is 1. The Morgan fingerprint density at radius 1 is 1.40 bits per heavy atom. The Morgan fingerprint density at radius 2 is 2.16 bits per heavy atom. The van der Waals surface area contributed by atoms with Crippen LogP contribution in [-0.2, 0) is 16.0 Å². The molecule has 0 aromatic heterocycles. The monoisotopic (exact) mass is 341 g/mol. The van der Waals surface area contributed by atoms with Gasteiger partial charge in [-0.05, 0) is 37.7 Å². The maximum absolute atomic E-state index is 12.0. The van der Waals surface area contributed by atoms with Crippen molar-refractivity contribution in [1.29, 1.82) is 0 Å². The highest BCUT2D eigenvalue weighted by molar-refractivity contribution is 5.75. The Balaban J connectivity index is 1.65. The Labute approximate surface area is 151 Å². The molecule has 4 atom stereocenters. The summed E-state index contributed by atoms with van der Waals surface area (Å²) in [4.78, 5) is 12.0. The second-order valence-electron chi connectivity index (χ2n) is 7.71. The molecule has 2 aliphatic rings. The van der Waals surface area contributed by atoms with Crippen molar-refractivity contribution in [2.45, 2.75) is 70.9 Å². The van der Waals surface area contributed by atoms with Crippen LogP contribution in [0, 0.1) is 11.8 Å². The van der Waals surface area contributed by atoms with Crippen LogP contribution in [0.4, 0.5) is 0 Å². The molecule has 1 aliphatic heterocycles. The van der Waals surface area contributed by atoms with Crippen molar-refractivity contribution in [3.63, 3.8) is 0 Å². The number of hydrogen-bond acceptors (Lipinski definition) is 3. The van der Waals surface area contributed by atoms with E-state index in [9.17, 15) is 4.79 Å². The first-order valence-electron chi connectivity index (χ1n) is 9.77. The molecule has 0 bridgehead atoms. The van der Waals surface area contributed by atoms with Gasteiger partial charge in [0.05, 0.1) is 12.5 Å². The van der Waals surface area contributed by atoms with Gasteiger partial charge in [-0.1, -0.05) is 63.1 Å². The van der Waals surface area contributed by atoms with E-state index in [1.165, 1.54) is 30.5 Å². The number of carbonyl (C=O) groups excluding carboxylic acids is 1. The van der Waals surface area contributed by atoms with E-state index < -0.39 is 0 Å². The SMILES string of the molecule is C/C=C(/N[C@H]1CC(=O)OC12C[C@@H]2Cc1ccccc1)[C@@H](C)CCCC. The standard InChI is InChI=1S/C22H31NO2/c1-4-6-10-16(3)19(5-2)23-20-14-21(24)25-22(20)15-18(22)13-17-11-8-7-9-12-17/h5,7-9,11-12,16,18,20,23H,4,6,10,13-15H2,1-3H3/b19-5+/t16-,18-,20-,22?/m0/s1. The van der Waals surface area contributed by atoms with E-state index in [0.717, 1.165) is 12.8 Å². The number of nitrogens with one attached hydrogen (secondary N) is 1. The van der Waals surface area contributed by atoms with E-state index in [2.05, 4.69) is 56.4 Å². The summed E-state index contributed by atoms with van der Waals surface area (Å²) in [6.07, 6.45) is 8.27. The van der Waals surface area contributed by atoms with Gasteiger partial charge in [-0.25, -0.2) is 0 Å². The van der Waals surface area contributed by atoms with Crippen LogP contribution in [0.1, 0.15) is 58.4 Å². The fraction of sp³-hybridized carbons (Fsp3) is 0.591. The molecule has 2 fully saturated rings. The average Bonchev–Trinajstić information content (AvgIpc) is 3.19. The van der Waals surface area contributed by atoms with Gasteiger partial charge in [-0.2, -0.15) is 0 Å². The van der Waals surface area contributed by atoms with Gasteiger partial charge < -0.3 is 10.1 Å². The van der Waals surface area contributed by atoms with Crippen LogP contribution in [0.3, 0.4) is 0 Å². The van der Waals surface area contributed by atoms with E-state index >= 15 is 0 Å². The molecule has 0 amide bonds. The van der Waals surface area contributed by atoms with Gasteiger partial charge in [0.1, 0.15) is 5.60 Å². The predicted octanol–water partition coefficient (Wildman–Crippen LogP) is 4.62. The molecule has 1 aliphatic carbocycles. The van der Waals surface area contributed by atoms with Crippen LogP contribution in [0.15, 0.2) is 42.1 Å². The fourth-order valence-electron chi connectivity index (χ4n) is 4.24. The lowest BCUT2D eigenvalue weighted by Gasteiger charge is -2.26. The first kappa shape index (κ1) is 18.0. The Morgan fingerprint density at radius 3 is 2.84 bits per heavy atom. The van der Waals surface area contributed by atoms with E-state index in [-0.39, 0.29) is 17.6 Å². The number of ether oxygens (including phenoxy) is 1. The molecule has 1 heterocycles. The number of unbranched alkanes of at least 4 members (excludes halogenated alkanes) is 1. The lowest BCUT2D eigenvalue weighted by Crippen LogP contribution is -2.40. The molecule has 3 nitrogen and oxygen atoms in total. The van der Waals surface area contributed by atoms with Crippen LogP contribution < -0.4 is 5.32 Å². The number of allylic oxidation sites excluding steroid dienone is 2. The summed E-state index contributed by atoms with van der Waals surface area (Å²) in [5, 5.41) is 3.69. The minimum atomic E-state index is -0.286. The summed E-state index contributed by atoms with van der Waals surface area (Å²) in [6.45, 7) is 6.59. The third-order valence-electron chi connectivity index (χ3n) is 5.86. The lowest BCUT2D eigenvalue weighted by molar-refractivity contribution is -0.143. The first-order chi connectivity index (χ1) is 12.1. The molecule has 136 valence electrons. The smallest absolute Gasteiger partial charge is 0.308 e. The van der Waals surface area contributed by atoms with Gasteiger partial charge in [0, 0.05) is 11.6 Å². The molecule has 3 rings (SSSR count). The maximum Gasteiger partial charge on any atom is 0.308 e. The predicted molar refractivity (Wildman–Crippen MR) is 101 cm³/mol. The van der Waals surface area contributed by atoms with Crippen molar-refractivity contribution in [1.82, 2.24) is 5.32 Å². The van der Waals surface area contributed by atoms with Crippen LogP contribution >= 0.6 is 0 Å². The van der Waals surface area contributed by atoms with Gasteiger partial charge >= 0.3 is 5.97 Å². The Kier molecular flexibility index (Phi) is 5.51. The molecule has 1 N–H and O–H groups in total. The first-order valence-corrected chi connectivity index (χ1v) is 9.77. The van der Waals surface area contributed by atoms with E-state index in [4.69, 9.17) is 4.74 Å². The molecule has 0 radical (unpaired) electrons. The highest BCUT2D eigenvalue weighted by Crippen LogP contribution is 2.55. The molecule has 1 saturated heterocycles. The molecule has 1 saturated carbocycles. The summed E-state index contributed by atoms with van der Waals surface area (Å²) in [5.41, 5.74) is 2.31. The fourth-order valence-corrected chi connectivity index (χ4v) is 4.24. The number of rotatable bonds is 8. The van der Waals surface area contributed by atoms with Gasteiger partial charge in [-0.3, -0.25) is 4.79 Å². The van der Waals surface area contributed by atoms with Gasteiger partial charge in [-0.15, -0.1) is 0 Å². The van der Waals surface area contributed by atoms with E-state index in [1.807, 2.05) is 6.07 Å². The van der Waals surface area contributed by atoms with Crippen molar-refractivity contribution in [3.05, 3.63) is 47.7 Å². The number of hydrogen-bond donors (Lipinski definition) is 1. The Hall–Kier alpha value is -1.77. The normalized spacial score (nSPS) is 29.6. The zero-order valence-electron chi connectivity index (χ0n) is 15.8. The lowest BCUT2D eigenvalue weighted by atomic mass is 9.97. The number of benzene rings is 1. The zero-order chi connectivity index (χ0) is 17.9. The summed E-state index contributed by atoms with van der Waals surface area (Å²) < 4.78 is 5.83. The summed E-state index contributed by atoms with van der Waals surface area (Å²) in [5.74, 6) is 0.886. The van der Waals surface area contributed by atoms with E-state index in [0.29, 0.717) is 18.3 Å².